The first-order chi connectivity index (χ1) is 9.79. The minimum absolute atomic E-state index is 0.0183. The second kappa shape index (κ2) is 6.37. The van der Waals surface area contributed by atoms with Crippen molar-refractivity contribution < 1.29 is 18.0 Å². The third-order valence-corrected chi connectivity index (χ3v) is 3.86. The zero-order valence-corrected chi connectivity index (χ0v) is 13.9. The van der Waals surface area contributed by atoms with E-state index in [2.05, 4.69) is 37.2 Å². The molecule has 2 aromatic rings. The quantitative estimate of drug-likeness (QED) is 0.649. The molecule has 21 heavy (non-hydrogen) atoms. The molecule has 0 unspecified atom stereocenters. The lowest BCUT2D eigenvalue weighted by Crippen LogP contribution is -2.16. The summed E-state index contributed by atoms with van der Waals surface area (Å²) in [6.07, 6.45) is 0. The van der Waals surface area contributed by atoms with Crippen LogP contribution >= 0.6 is 43.5 Å². The molecule has 8 heteroatoms. The fourth-order valence-electron chi connectivity index (χ4n) is 1.60. The molecule has 0 fully saturated rings. The van der Waals surface area contributed by atoms with E-state index in [1.54, 1.807) is 0 Å². The first-order valence-electron chi connectivity index (χ1n) is 5.40. The maximum absolute atomic E-state index is 13.7. The minimum Gasteiger partial charge on any atom is -0.320 e. The smallest absolute Gasteiger partial charge is 0.261 e. The van der Waals surface area contributed by atoms with Crippen LogP contribution in [0.4, 0.5) is 18.9 Å². The van der Waals surface area contributed by atoms with Crippen LogP contribution in [-0.4, -0.2) is 5.91 Å². The van der Waals surface area contributed by atoms with Gasteiger partial charge in [-0.2, -0.15) is 0 Å². The Bertz CT molecular complexity index is 693. The molecule has 2 aromatic carbocycles. The van der Waals surface area contributed by atoms with Crippen LogP contribution in [0, 0.1) is 17.5 Å². The maximum atomic E-state index is 13.7. The average molecular weight is 443 g/mol. The van der Waals surface area contributed by atoms with Crippen molar-refractivity contribution in [2.45, 2.75) is 0 Å². The molecule has 0 atom stereocenters. The van der Waals surface area contributed by atoms with Crippen LogP contribution in [0.25, 0.3) is 0 Å². The van der Waals surface area contributed by atoms with Crippen molar-refractivity contribution in [3.63, 3.8) is 0 Å². The lowest BCUT2D eigenvalue weighted by atomic mass is 10.1. The van der Waals surface area contributed by atoms with Gasteiger partial charge in [-0.15, -0.1) is 0 Å². The second-order valence-electron chi connectivity index (χ2n) is 3.94. The van der Waals surface area contributed by atoms with Crippen molar-refractivity contribution in [3.05, 3.63) is 61.2 Å². The first kappa shape index (κ1) is 16.3. The molecule has 0 saturated heterocycles. The second-order valence-corrected chi connectivity index (χ2v) is 6.12. The van der Waals surface area contributed by atoms with Crippen molar-refractivity contribution >= 4 is 55.1 Å². The van der Waals surface area contributed by atoms with E-state index in [1.165, 1.54) is 0 Å². The molecule has 2 nitrogen and oxygen atoms in total. The Hall–Kier alpha value is -1.05. The number of rotatable bonds is 2. The summed E-state index contributed by atoms with van der Waals surface area (Å²) in [4.78, 5) is 12.0. The normalized spacial score (nSPS) is 10.6. The fourth-order valence-corrected chi connectivity index (χ4v) is 2.90. The van der Waals surface area contributed by atoms with Gasteiger partial charge in [-0.3, -0.25) is 4.79 Å². The van der Waals surface area contributed by atoms with Gasteiger partial charge in [0.15, 0.2) is 0 Å². The highest BCUT2D eigenvalue weighted by Gasteiger charge is 2.20. The number of carbonyl (C=O) groups excluding carboxylic acids is 1. The van der Waals surface area contributed by atoms with Crippen molar-refractivity contribution in [1.29, 1.82) is 0 Å². The molecule has 0 bridgehead atoms. The Labute approximate surface area is 139 Å². The van der Waals surface area contributed by atoms with E-state index in [9.17, 15) is 18.0 Å². The van der Waals surface area contributed by atoms with Gasteiger partial charge < -0.3 is 5.32 Å². The van der Waals surface area contributed by atoms with Gasteiger partial charge in [-0.1, -0.05) is 27.5 Å². The summed E-state index contributed by atoms with van der Waals surface area (Å²) in [7, 11) is 0. The highest BCUT2D eigenvalue weighted by atomic mass is 79.9. The Morgan fingerprint density at radius 2 is 1.62 bits per heavy atom. The molecule has 0 spiro atoms. The van der Waals surface area contributed by atoms with E-state index in [4.69, 9.17) is 11.6 Å². The van der Waals surface area contributed by atoms with Crippen LogP contribution in [0.3, 0.4) is 0 Å². The van der Waals surface area contributed by atoms with E-state index in [0.717, 1.165) is 24.3 Å². The third-order valence-electron chi connectivity index (χ3n) is 2.48. The highest BCUT2D eigenvalue weighted by Crippen LogP contribution is 2.32. The van der Waals surface area contributed by atoms with Crippen molar-refractivity contribution in [1.82, 2.24) is 0 Å². The van der Waals surface area contributed by atoms with Crippen molar-refractivity contribution in [2.24, 2.45) is 0 Å². The van der Waals surface area contributed by atoms with Crippen LogP contribution in [-0.2, 0) is 0 Å². The molecule has 110 valence electrons. The summed E-state index contributed by atoms with van der Waals surface area (Å²) in [6.45, 7) is 0. The summed E-state index contributed by atoms with van der Waals surface area (Å²) >= 11 is 11.7. The van der Waals surface area contributed by atoms with E-state index < -0.39 is 28.9 Å². The largest absolute Gasteiger partial charge is 0.320 e. The molecule has 0 aliphatic heterocycles. The van der Waals surface area contributed by atoms with Crippen LogP contribution in [0.5, 0.6) is 0 Å². The lowest BCUT2D eigenvalue weighted by molar-refractivity contribution is 0.101. The first-order valence-corrected chi connectivity index (χ1v) is 7.36. The Morgan fingerprint density at radius 3 is 2.14 bits per heavy atom. The molecule has 2 rings (SSSR count). The predicted molar refractivity (Wildman–Crippen MR) is 81.1 cm³/mol. The van der Waals surface area contributed by atoms with Crippen LogP contribution in [0.15, 0.2) is 33.2 Å². The Balaban J connectivity index is 2.40. The van der Waals surface area contributed by atoms with E-state index in [1.807, 2.05) is 0 Å². The number of hydrogen-bond acceptors (Lipinski definition) is 1. The van der Waals surface area contributed by atoms with Crippen molar-refractivity contribution in [2.75, 3.05) is 5.32 Å². The monoisotopic (exact) mass is 441 g/mol. The zero-order chi connectivity index (χ0) is 15.7. The summed E-state index contributed by atoms with van der Waals surface area (Å²) < 4.78 is 40.8. The van der Waals surface area contributed by atoms with Gasteiger partial charge >= 0.3 is 0 Å². The van der Waals surface area contributed by atoms with E-state index in [0.29, 0.717) is 0 Å². The summed E-state index contributed by atoms with van der Waals surface area (Å²) in [5.74, 6) is -3.72. The number of halogens is 6. The Morgan fingerprint density at radius 1 is 1.05 bits per heavy atom. The predicted octanol–water partition coefficient (Wildman–Crippen LogP) is 5.53. The minimum atomic E-state index is -1.04. The number of amides is 1. The molecule has 0 aliphatic carbocycles. The maximum Gasteiger partial charge on any atom is 0.261 e. The van der Waals surface area contributed by atoms with E-state index >= 15 is 0 Å². The number of nitrogens with one attached hydrogen (secondary N) is 1. The van der Waals surface area contributed by atoms with E-state index in [-0.39, 0.29) is 19.7 Å². The SMILES string of the molecule is O=C(Nc1c(Cl)cc(F)cc1Br)c1c(F)cc(Br)cc1F. The average Bonchev–Trinajstić information content (AvgIpc) is 2.32. The summed E-state index contributed by atoms with van der Waals surface area (Å²) in [5.41, 5.74) is -0.740. The topological polar surface area (TPSA) is 29.1 Å². The van der Waals surface area contributed by atoms with Gasteiger partial charge in [0.2, 0.25) is 0 Å². The number of anilines is 1. The molecule has 0 aliphatic rings. The highest BCUT2D eigenvalue weighted by molar-refractivity contribution is 9.10. The molecular formula is C13H5Br2ClF3NO. The van der Waals surface area contributed by atoms with Crippen molar-refractivity contribution in [3.8, 4) is 0 Å². The lowest BCUT2D eigenvalue weighted by Gasteiger charge is -2.11. The van der Waals surface area contributed by atoms with Gasteiger partial charge in [-0.25, -0.2) is 13.2 Å². The molecular weight excluding hydrogens is 438 g/mol. The van der Waals surface area contributed by atoms with Gasteiger partial charge in [0.25, 0.3) is 5.91 Å². The molecule has 0 heterocycles. The van der Waals surface area contributed by atoms with Crippen LogP contribution in [0.2, 0.25) is 5.02 Å². The van der Waals surface area contributed by atoms with Gasteiger partial charge in [0.05, 0.1) is 10.7 Å². The summed E-state index contributed by atoms with van der Waals surface area (Å²) in [6, 6.07) is 3.95. The Kier molecular flexibility index (Phi) is 4.95. The molecule has 0 radical (unpaired) electrons. The number of hydrogen-bond donors (Lipinski definition) is 1. The number of carbonyl (C=O) groups is 1. The standard InChI is InChI=1S/C13H5Br2ClF3NO/c14-5-1-9(18)11(10(19)2-5)13(21)20-12-7(15)3-6(17)4-8(12)16/h1-4H,(H,20,21). The molecule has 1 amide bonds. The fraction of sp³-hybridized carbons (Fsp3) is 0. The number of benzene rings is 2. The van der Waals surface area contributed by atoms with Gasteiger partial charge in [-0.05, 0) is 40.2 Å². The molecule has 1 N–H and O–H groups in total. The summed E-state index contributed by atoms with van der Waals surface area (Å²) in [5, 5.41) is 2.14. The van der Waals surface area contributed by atoms with Crippen LogP contribution < -0.4 is 5.32 Å². The zero-order valence-electron chi connectivity index (χ0n) is 9.99. The van der Waals surface area contributed by atoms with Crippen LogP contribution in [0.1, 0.15) is 10.4 Å². The molecule has 0 aromatic heterocycles. The third kappa shape index (κ3) is 3.59. The molecule has 0 saturated carbocycles. The van der Waals surface area contributed by atoms with Gasteiger partial charge in [0.1, 0.15) is 23.0 Å². The van der Waals surface area contributed by atoms with Gasteiger partial charge in [0, 0.05) is 8.95 Å².